The third-order valence-electron chi connectivity index (χ3n) is 5.02. The third-order valence-corrected chi connectivity index (χ3v) is 5.02. The van der Waals surface area contributed by atoms with E-state index < -0.39 is 46.9 Å². The Labute approximate surface area is 141 Å². The number of fused-ring (bicyclic) bond motifs is 5. The highest BCUT2D eigenvalue weighted by atomic mass is 16.6. The molecule has 0 spiro atoms. The van der Waals surface area contributed by atoms with Crippen molar-refractivity contribution in [3.63, 3.8) is 0 Å². The number of rotatable bonds is 4. The summed E-state index contributed by atoms with van der Waals surface area (Å²) in [6.45, 7) is -0.411. The summed E-state index contributed by atoms with van der Waals surface area (Å²) in [6.07, 6.45) is 2.74. The fourth-order valence-corrected chi connectivity index (χ4v) is 3.89. The number of hydrogen-bond acceptors (Lipinski definition) is 7. The van der Waals surface area contributed by atoms with E-state index in [4.69, 9.17) is 9.47 Å². The van der Waals surface area contributed by atoms with Crippen LogP contribution in [0.15, 0.2) is 30.4 Å². The van der Waals surface area contributed by atoms with Crippen LogP contribution in [0.1, 0.15) is 0 Å². The van der Waals surface area contributed by atoms with Crippen LogP contribution in [-0.2, 0) is 14.3 Å². The van der Waals surface area contributed by atoms with E-state index in [1.807, 2.05) is 0 Å². The molecule has 2 amide bonds. The number of methoxy groups -OCH3 is 1. The lowest BCUT2D eigenvalue weighted by molar-refractivity contribution is -0.384. The van der Waals surface area contributed by atoms with E-state index in [1.54, 1.807) is 12.2 Å². The Kier molecular flexibility index (Phi) is 3.21. The third kappa shape index (κ3) is 1.90. The topological polar surface area (TPSA) is 119 Å². The van der Waals surface area contributed by atoms with E-state index in [2.05, 4.69) is 0 Å². The molecular weight excluding hydrogens is 332 g/mol. The number of aliphatic hydroxyl groups is 1. The number of carbonyl (C=O) groups excluding carboxylic acids is 2. The van der Waals surface area contributed by atoms with Crippen molar-refractivity contribution in [3.8, 4) is 5.75 Å². The Bertz CT molecular complexity index is 836. The number of amides is 2. The molecule has 9 heteroatoms. The average molecular weight is 346 g/mol. The van der Waals surface area contributed by atoms with Gasteiger partial charge in [-0.15, -0.1) is 0 Å². The first-order valence-electron chi connectivity index (χ1n) is 7.62. The number of aliphatic hydroxyl groups excluding tert-OH is 1. The number of non-ortho nitro benzene ring substituents is 1. The molecule has 9 nitrogen and oxygen atoms in total. The lowest BCUT2D eigenvalue weighted by atomic mass is 9.77. The molecular formula is C16H14N2O7. The molecule has 2 saturated heterocycles. The maximum absolute atomic E-state index is 12.9. The lowest BCUT2D eigenvalue weighted by Crippen LogP contribution is -2.43. The Hall–Kier alpha value is -2.78. The molecule has 4 atom stereocenters. The van der Waals surface area contributed by atoms with E-state index >= 15 is 0 Å². The lowest BCUT2D eigenvalue weighted by Gasteiger charge is -2.26. The van der Waals surface area contributed by atoms with Crippen LogP contribution >= 0.6 is 0 Å². The van der Waals surface area contributed by atoms with Gasteiger partial charge in [0.25, 0.3) is 5.69 Å². The van der Waals surface area contributed by atoms with Crippen molar-refractivity contribution in [1.82, 2.24) is 0 Å². The van der Waals surface area contributed by atoms with Gasteiger partial charge in [0, 0.05) is 6.07 Å². The van der Waals surface area contributed by atoms with Crippen LogP contribution in [0.4, 0.5) is 11.4 Å². The van der Waals surface area contributed by atoms with Crippen molar-refractivity contribution in [1.29, 1.82) is 0 Å². The molecule has 2 bridgehead atoms. The molecule has 0 radical (unpaired) electrons. The molecule has 0 saturated carbocycles. The molecule has 3 heterocycles. The van der Waals surface area contributed by atoms with Crippen LogP contribution in [0, 0.1) is 22.0 Å². The first-order chi connectivity index (χ1) is 11.9. The predicted molar refractivity (Wildman–Crippen MR) is 83.0 cm³/mol. The van der Waals surface area contributed by atoms with Crippen LogP contribution in [0.5, 0.6) is 5.75 Å². The summed E-state index contributed by atoms with van der Waals surface area (Å²) < 4.78 is 10.8. The molecule has 0 aliphatic carbocycles. The van der Waals surface area contributed by atoms with E-state index in [9.17, 15) is 24.8 Å². The molecule has 3 aliphatic rings. The number of hydrogen-bond donors (Lipinski definition) is 1. The van der Waals surface area contributed by atoms with Crippen molar-refractivity contribution in [2.75, 3.05) is 18.6 Å². The van der Waals surface area contributed by atoms with Crippen molar-refractivity contribution >= 4 is 23.2 Å². The second-order valence-electron chi connectivity index (χ2n) is 6.18. The smallest absolute Gasteiger partial charge is 0.273 e. The standard InChI is InChI=1S/C16H14N2O7/c1-24-11-6-8(18(22)23)2-3-9(11)17-14(20)12-10-4-5-16(7-19,25-10)13(12)15(17)21/h2-6,10,12-13,19H,7H2,1H3/t10-,12-,13+,16+/m1/s1. The monoisotopic (exact) mass is 346 g/mol. The number of anilines is 1. The van der Waals surface area contributed by atoms with Gasteiger partial charge in [-0.2, -0.15) is 0 Å². The second kappa shape index (κ2) is 5.11. The predicted octanol–water partition coefficient (Wildman–Crippen LogP) is 0.409. The summed E-state index contributed by atoms with van der Waals surface area (Å²) in [7, 11) is 1.30. The van der Waals surface area contributed by atoms with Gasteiger partial charge in [0.15, 0.2) is 0 Å². The first-order valence-corrected chi connectivity index (χ1v) is 7.62. The molecule has 25 heavy (non-hydrogen) atoms. The van der Waals surface area contributed by atoms with Gasteiger partial charge in [-0.05, 0) is 6.07 Å². The zero-order valence-corrected chi connectivity index (χ0v) is 13.1. The van der Waals surface area contributed by atoms with Crippen LogP contribution in [0.2, 0.25) is 0 Å². The normalized spacial score (nSPS) is 32.4. The van der Waals surface area contributed by atoms with Crippen LogP contribution in [0.25, 0.3) is 0 Å². The minimum atomic E-state index is -1.19. The summed E-state index contributed by atoms with van der Waals surface area (Å²) in [6, 6.07) is 3.68. The Balaban J connectivity index is 1.78. The van der Waals surface area contributed by atoms with Gasteiger partial charge in [0.2, 0.25) is 11.8 Å². The van der Waals surface area contributed by atoms with Gasteiger partial charge in [-0.25, -0.2) is 4.90 Å². The Morgan fingerprint density at radius 2 is 2.16 bits per heavy atom. The Morgan fingerprint density at radius 3 is 2.80 bits per heavy atom. The molecule has 130 valence electrons. The molecule has 0 unspecified atom stereocenters. The van der Waals surface area contributed by atoms with Gasteiger partial charge in [0.05, 0.1) is 48.3 Å². The van der Waals surface area contributed by atoms with E-state index in [-0.39, 0.29) is 17.1 Å². The van der Waals surface area contributed by atoms with Gasteiger partial charge >= 0.3 is 0 Å². The zero-order valence-electron chi connectivity index (χ0n) is 13.1. The number of nitrogens with zero attached hydrogens (tertiary/aromatic N) is 2. The number of benzene rings is 1. The van der Waals surface area contributed by atoms with E-state index in [0.717, 1.165) is 11.0 Å². The number of nitro benzene ring substituents is 1. The van der Waals surface area contributed by atoms with E-state index in [0.29, 0.717) is 0 Å². The molecule has 1 N–H and O–H groups in total. The second-order valence-corrected chi connectivity index (χ2v) is 6.18. The van der Waals surface area contributed by atoms with Crippen molar-refractivity contribution in [3.05, 3.63) is 40.5 Å². The Morgan fingerprint density at radius 1 is 1.40 bits per heavy atom. The van der Waals surface area contributed by atoms with E-state index in [1.165, 1.54) is 19.2 Å². The summed E-state index contributed by atoms with van der Waals surface area (Å²) in [5.74, 6) is -2.46. The van der Waals surface area contributed by atoms with Crippen LogP contribution in [0.3, 0.4) is 0 Å². The highest BCUT2D eigenvalue weighted by Crippen LogP contribution is 2.53. The van der Waals surface area contributed by atoms with Gasteiger partial charge in [-0.1, -0.05) is 12.2 Å². The van der Waals surface area contributed by atoms with Crippen molar-refractivity contribution in [2.24, 2.45) is 11.8 Å². The van der Waals surface area contributed by atoms with Crippen molar-refractivity contribution in [2.45, 2.75) is 11.7 Å². The first kappa shape index (κ1) is 15.7. The number of carbonyl (C=O) groups is 2. The highest BCUT2D eigenvalue weighted by molar-refractivity contribution is 6.24. The molecule has 1 aromatic carbocycles. The largest absolute Gasteiger partial charge is 0.494 e. The number of imide groups is 1. The summed E-state index contributed by atoms with van der Waals surface area (Å²) in [5, 5.41) is 20.6. The molecule has 4 rings (SSSR count). The van der Waals surface area contributed by atoms with Gasteiger partial charge in [0.1, 0.15) is 11.4 Å². The summed E-state index contributed by atoms with van der Waals surface area (Å²) >= 11 is 0. The maximum Gasteiger partial charge on any atom is 0.273 e. The quantitative estimate of drug-likeness (QED) is 0.363. The fourth-order valence-electron chi connectivity index (χ4n) is 3.89. The minimum absolute atomic E-state index is 0.0511. The SMILES string of the molecule is COc1cc([N+](=O)[O-])ccc1N1C(=O)[C@H]2[C@@H](C1=O)[C@@]1(CO)C=C[C@H]2O1. The molecule has 0 aromatic heterocycles. The number of nitro groups is 1. The minimum Gasteiger partial charge on any atom is -0.494 e. The van der Waals surface area contributed by atoms with Gasteiger partial charge in [-0.3, -0.25) is 19.7 Å². The molecule has 2 fully saturated rings. The maximum atomic E-state index is 12.9. The molecule has 3 aliphatic heterocycles. The molecule has 1 aromatic rings. The highest BCUT2D eigenvalue weighted by Gasteiger charge is 2.67. The summed E-state index contributed by atoms with van der Waals surface area (Å²) in [4.78, 5) is 37.1. The fraction of sp³-hybridized carbons (Fsp3) is 0.375. The van der Waals surface area contributed by atoms with Crippen LogP contribution in [-0.4, -0.2) is 47.3 Å². The van der Waals surface area contributed by atoms with Crippen LogP contribution < -0.4 is 9.64 Å². The zero-order chi connectivity index (χ0) is 17.9. The average Bonchev–Trinajstić information content (AvgIpc) is 3.25. The summed E-state index contributed by atoms with van der Waals surface area (Å²) in [5.41, 5.74) is -1.26. The number of ether oxygens (including phenoxy) is 2. The van der Waals surface area contributed by atoms with Crippen molar-refractivity contribution < 1.29 is 29.1 Å². The van der Waals surface area contributed by atoms with Gasteiger partial charge < -0.3 is 14.6 Å².